The summed E-state index contributed by atoms with van der Waals surface area (Å²) in [5.74, 6) is 0. The summed E-state index contributed by atoms with van der Waals surface area (Å²) in [6, 6.07) is 1.86. The molecule has 1 nitrogen and oxygen atoms in total. The van der Waals surface area contributed by atoms with Gasteiger partial charge in [-0.25, -0.2) is 4.98 Å². The summed E-state index contributed by atoms with van der Waals surface area (Å²) < 4.78 is 0. The zero-order valence-corrected chi connectivity index (χ0v) is 8.95. The van der Waals surface area contributed by atoms with Crippen molar-refractivity contribution in [3.8, 4) is 0 Å². The van der Waals surface area contributed by atoms with Gasteiger partial charge in [0.05, 0.1) is 0 Å². The molecule has 1 aromatic rings. The molecule has 0 unspecified atom stereocenters. The second kappa shape index (κ2) is 3.72. The number of aromatic nitrogens is 1. The Bertz CT molecular complexity index is 360. The highest BCUT2D eigenvalue weighted by molar-refractivity contribution is 8.03. The first-order chi connectivity index (χ1) is 6.27. The smallest absolute Gasteiger partial charge is 0.105 e. The van der Waals surface area contributed by atoms with Crippen LogP contribution in [0, 0.1) is 0 Å². The first-order valence-electron chi connectivity index (χ1n) is 4.25. The van der Waals surface area contributed by atoms with Gasteiger partial charge in [0, 0.05) is 16.8 Å². The molecule has 0 atom stereocenters. The minimum Gasteiger partial charge on any atom is -0.249 e. The minimum atomic E-state index is 0.848. The average molecular weight is 212 g/mol. The Hall–Kier alpha value is -0.470. The van der Waals surface area contributed by atoms with Crippen LogP contribution < -0.4 is 0 Å². The lowest BCUT2D eigenvalue weighted by molar-refractivity contribution is 0.936. The Kier molecular flexibility index (Phi) is 2.61. The van der Waals surface area contributed by atoms with Gasteiger partial charge in [-0.3, -0.25) is 0 Å². The Morgan fingerprint density at radius 1 is 1.54 bits per heavy atom. The van der Waals surface area contributed by atoms with Gasteiger partial charge in [0.15, 0.2) is 0 Å². The molecule has 0 N–H and O–H groups in total. The van der Waals surface area contributed by atoms with Crippen LogP contribution in [0.4, 0.5) is 0 Å². The Balaban J connectivity index is 2.45. The topological polar surface area (TPSA) is 12.9 Å². The van der Waals surface area contributed by atoms with Crippen LogP contribution in [0.15, 0.2) is 28.3 Å². The van der Waals surface area contributed by atoms with Gasteiger partial charge >= 0.3 is 0 Å². The molecule has 0 fully saturated rings. The summed E-state index contributed by atoms with van der Waals surface area (Å²) in [5.41, 5.74) is 1.20. The van der Waals surface area contributed by atoms with Crippen molar-refractivity contribution in [3.63, 3.8) is 0 Å². The number of allylic oxidation sites excluding steroid dienone is 2. The molecule has 0 bridgehead atoms. The lowest BCUT2D eigenvalue weighted by atomic mass is 10.1. The van der Waals surface area contributed by atoms with Crippen molar-refractivity contribution < 1.29 is 0 Å². The predicted octanol–water partition coefficient (Wildman–Crippen LogP) is 3.68. The maximum absolute atomic E-state index is 6.09. The Labute approximate surface area is 87.2 Å². The number of hydrogen-bond donors (Lipinski definition) is 0. The van der Waals surface area contributed by atoms with Crippen LogP contribution in [0.5, 0.6) is 0 Å². The molecule has 3 heteroatoms. The number of halogens is 1. The summed E-state index contributed by atoms with van der Waals surface area (Å²) >= 11 is 7.80. The van der Waals surface area contributed by atoms with E-state index in [-0.39, 0.29) is 0 Å². The van der Waals surface area contributed by atoms with Crippen molar-refractivity contribution >= 4 is 23.4 Å². The summed E-state index contributed by atoms with van der Waals surface area (Å²) in [4.78, 5) is 5.64. The van der Waals surface area contributed by atoms with Crippen LogP contribution >= 0.6 is 23.4 Å². The Morgan fingerprint density at radius 3 is 3.23 bits per heavy atom. The third-order valence-electron chi connectivity index (χ3n) is 2.04. The van der Waals surface area contributed by atoms with E-state index in [1.165, 1.54) is 10.5 Å². The van der Waals surface area contributed by atoms with E-state index in [1.807, 2.05) is 6.07 Å². The molecule has 2 rings (SSSR count). The first-order valence-corrected chi connectivity index (χ1v) is 5.45. The van der Waals surface area contributed by atoms with Crippen molar-refractivity contribution in [2.75, 3.05) is 0 Å². The highest BCUT2D eigenvalue weighted by atomic mass is 35.5. The number of thioether (sulfide) groups is 1. The lowest BCUT2D eigenvalue weighted by Crippen LogP contribution is -1.90. The van der Waals surface area contributed by atoms with Gasteiger partial charge in [-0.1, -0.05) is 29.4 Å². The van der Waals surface area contributed by atoms with E-state index < -0.39 is 0 Å². The van der Waals surface area contributed by atoms with Gasteiger partial charge in [-0.15, -0.1) is 0 Å². The molecule has 0 spiro atoms. The highest BCUT2D eigenvalue weighted by Gasteiger charge is 2.11. The lowest BCUT2D eigenvalue weighted by Gasteiger charge is -2.05. The molecule has 1 aromatic heterocycles. The zero-order valence-electron chi connectivity index (χ0n) is 7.38. The molecule has 0 radical (unpaired) electrons. The fourth-order valence-electron chi connectivity index (χ4n) is 1.38. The van der Waals surface area contributed by atoms with Crippen LogP contribution in [-0.4, -0.2) is 4.98 Å². The normalized spacial score (nSPS) is 16.0. The van der Waals surface area contributed by atoms with Crippen LogP contribution in [0.1, 0.15) is 18.9 Å². The van der Waals surface area contributed by atoms with Crippen LogP contribution in [0.25, 0.3) is 0 Å². The van der Waals surface area contributed by atoms with Crippen LogP contribution in [-0.2, 0) is 6.42 Å². The van der Waals surface area contributed by atoms with Crippen molar-refractivity contribution in [1.29, 1.82) is 0 Å². The van der Waals surface area contributed by atoms with Crippen molar-refractivity contribution in [2.45, 2.75) is 24.8 Å². The molecule has 0 aromatic carbocycles. The Morgan fingerprint density at radius 2 is 2.38 bits per heavy atom. The van der Waals surface area contributed by atoms with E-state index in [0.717, 1.165) is 22.9 Å². The van der Waals surface area contributed by atoms with E-state index >= 15 is 0 Å². The summed E-state index contributed by atoms with van der Waals surface area (Å²) in [5, 5.41) is 1.92. The van der Waals surface area contributed by atoms with Gasteiger partial charge in [0.25, 0.3) is 0 Å². The molecule has 0 saturated heterocycles. The maximum Gasteiger partial charge on any atom is 0.105 e. The quantitative estimate of drug-likeness (QED) is 0.650. The van der Waals surface area contributed by atoms with E-state index in [0.29, 0.717) is 0 Å². The number of hydrogen-bond acceptors (Lipinski definition) is 2. The second-order valence-electron chi connectivity index (χ2n) is 3.03. The predicted molar refractivity (Wildman–Crippen MR) is 57.2 cm³/mol. The molecule has 68 valence electrons. The minimum absolute atomic E-state index is 0.848. The monoisotopic (exact) mass is 211 g/mol. The van der Waals surface area contributed by atoms with Gasteiger partial charge in [-0.05, 0) is 30.7 Å². The number of nitrogens with zero attached hydrogens (tertiary/aromatic N) is 1. The number of fused-ring (bicyclic) bond motifs is 1. The molecule has 2 heterocycles. The molecule has 1 aliphatic heterocycles. The summed E-state index contributed by atoms with van der Waals surface area (Å²) in [6.45, 7) is 2.11. The molecule has 0 aliphatic carbocycles. The van der Waals surface area contributed by atoms with Crippen LogP contribution in [0.3, 0.4) is 0 Å². The zero-order chi connectivity index (χ0) is 9.26. The fraction of sp³-hybridized carbons (Fsp3) is 0.300. The number of pyridine rings is 1. The largest absolute Gasteiger partial charge is 0.249 e. The third-order valence-corrected chi connectivity index (χ3v) is 3.43. The third kappa shape index (κ3) is 1.89. The van der Waals surface area contributed by atoms with Gasteiger partial charge in [-0.2, -0.15) is 0 Å². The standard InChI is InChI=1S/C10H10ClNS/c1-7-3-2-4-8-9(11)5-6-12-10(8)13-7/h3,5-6H,2,4H2,1H3. The second-order valence-corrected chi connectivity index (χ2v) is 4.67. The van der Waals surface area contributed by atoms with E-state index in [2.05, 4.69) is 18.0 Å². The van der Waals surface area contributed by atoms with Crippen molar-refractivity contribution in [2.24, 2.45) is 0 Å². The van der Waals surface area contributed by atoms with E-state index in [9.17, 15) is 0 Å². The van der Waals surface area contributed by atoms with Gasteiger partial charge < -0.3 is 0 Å². The maximum atomic E-state index is 6.09. The molecule has 1 aliphatic rings. The molecule has 0 amide bonds. The van der Waals surface area contributed by atoms with E-state index in [4.69, 9.17) is 11.6 Å². The van der Waals surface area contributed by atoms with E-state index in [1.54, 1.807) is 18.0 Å². The van der Waals surface area contributed by atoms with Gasteiger partial charge in [0.1, 0.15) is 5.03 Å². The van der Waals surface area contributed by atoms with Gasteiger partial charge in [0.2, 0.25) is 0 Å². The molecule has 13 heavy (non-hydrogen) atoms. The molecular formula is C10H10ClNS. The molecular weight excluding hydrogens is 202 g/mol. The van der Waals surface area contributed by atoms with Crippen molar-refractivity contribution in [3.05, 3.63) is 33.8 Å². The van der Waals surface area contributed by atoms with Crippen LogP contribution in [0.2, 0.25) is 5.02 Å². The average Bonchev–Trinajstić information content (AvgIpc) is 2.27. The summed E-state index contributed by atoms with van der Waals surface area (Å²) in [7, 11) is 0. The highest BCUT2D eigenvalue weighted by Crippen LogP contribution is 2.34. The first kappa shape index (κ1) is 9.10. The summed E-state index contributed by atoms with van der Waals surface area (Å²) in [6.07, 6.45) is 6.08. The fourth-order valence-corrected chi connectivity index (χ4v) is 2.63. The SMILES string of the molecule is CC1=CCCc2c(Cl)ccnc2S1. The molecule has 0 saturated carbocycles. The number of rotatable bonds is 0. The van der Waals surface area contributed by atoms with Crippen molar-refractivity contribution in [1.82, 2.24) is 4.98 Å².